The minimum Gasteiger partial charge on any atom is -0.480 e. The minimum atomic E-state index is -3.27. The second-order valence-electron chi connectivity index (χ2n) is 3.74. The van der Waals surface area contributed by atoms with Gasteiger partial charge in [-0.15, -0.1) is 11.3 Å². The van der Waals surface area contributed by atoms with Crippen molar-refractivity contribution in [3.63, 3.8) is 0 Å². The van der Waals surface area contributed by atoms with Crippen LogP contribution in [-0.2, 0) is 19.4 Å². The number of sulfone groups is 1. The first-order valence-corrected chi connectivity index (χ1v) is 7.97. The summed E-state index contributed by atoms with van der Waals surface area (Å²) in [6.45, 7) is 0. The van der Waals surface area contributed by atoms with Crippen LogP contribution in [0, 0.1) is 0 Å². The topological polar surface area (TPSA) is 91.8 Å². The molecule has 0 fully saturated rings. The van der Waals surface area contributed by atoms with E-state index in [1.807, 2.05) is 0 Å². The first-order chi connectivity index (χ1) is 8.35. The molecule has 0 aromatic carbocycles. The number of aliphatic carboxylic acids is 1. The number of hydrogen-bond acceptors (Lipinski definition) is 5. The van der Waals surface area contributed by atoms with E-state index in [0.717, 1.165) is 11.2 Å². The summed E-state index contributed by atoms with van der Waals surface area (Å²) in [4.78, 5) is 23.2. The molecule has 0 aliphatic rings. The van der Waals surface area contributed by atoms with E-state index in [0.29, 0.717) is 11.4 Å². The number of thiophene rings is 1. The number of nitrogens with zero attached hydrogens (tertiary/aromatic N) is 1. The van der Waals surface area contributed by atoms with Gasteiger partial charge in [0.25, 0.3) is 0 Å². The summed E-state index contributed by atoms with van der Waals surface area (Å²) in [6.07, 6.45) is 1.31. The Labute approximate surface area is 109 Å². The molecule has 0 bridgehead atoms. The summed E-state index contributed by atoms with van der Waals surface area (Å²) >= 11 is 1.22. The van der Waals surface area contributed by atoms with Gasteiger partial charge in [-0.2, -0.15) is 0 Å². The van der Waals surface area contributed by atoms with Gasteiger partial charge in [-0.1, -0.05) is 0 Å². The third-order valence-corrected chi connectivity index (χ3v) is 4.12. The van der Waals surface area contributed by atoms with Crippen LogP contribution in [-0.4, -0.2) is 44.0 Å². The highest BCUT2D eigenvalue weighted by atomic mass is 32.2. The van der Waals surface area contributed by atoms with E-state index in [4.69, 9.17) is 5.11 Å². The SMILES string of the molecule is CS(=O)(=O)CCC(C(=O)O)N(C=O)c1cccs1. The normalized spacial score (nSPS) is 12.9. The van der Waals surface area contributed by atoms with Crippen LogP contribution in [0.5, 0.6) is 0 Å². The lowest BCUT2D eigenvalue weighted by molar-refractivity contribution is -0.139. The van der Waals surface area contributed by atoms with Gasteiger partial charge >= 0.3 is 5.97 Å². The molecule has 1 N–H and O–H groups in total. The van der Waals surface area contributed by atoms with Crippen LogP contribution < -0.4 is 4.90 Å². The highest BCUT2D eigenvalue weighted by molar-refractivity contribution is 7.90. The molecule has 8 heteroatoms. The summed E-state index contributed by atoms with van der Waals surface area (Å²) in [5.74, 6) is -1.50. The zero-order chi connectivity index (χ0) is 13.8. The number of hydrogen-bond donors (Lipinski definition) is 1. The summed E-state index contributed by atoms with van der Waals surface area (Å²) < 4.78 is 22.1. The summed E-state index contributed by atoms with van der Waals surface area (Å²) in [5, 5.41) is 11.3. The van der Waals surface area contributed by atoms with Gasteiger partial charge in [-0.25, -0.2) is 13.2 Å². The Bertz CT molecular complexity index is 508. The van der Waals surface area contributed by atoms with Gasteiger partial charge in [0.15, 0.2) is 0 Å². The first-order valence-electron chi connectivity index (χ1n) is 5.03. The van der Waals surface area contributed by atoms with E-state index in [2.05, 4.69) is 0 Å². The summed E-state index contributed by atoms with van der Waals surface area (Å²) in [7, 11) is -3.27. The molecule has 0 saturated carbocycles. The van der Waals surface area contributed by atoms with Crippen molar-refractivity contribution in [1.29, 1.82) is 0 Å². The molecule has 1 amide bonds. The number of carbonyl (C=O) groups excluding carboxylic acids is 1. The minimum absolute atomic E-state index is 0.134. The maximum atomic E-state index is 11.1. The van der Waals surface area contributed by atoms with Crippen LogP contribution >= 0.6 is 11.3 Å². The van der Waals surface area contributed by atoms with Crippen LogP contribution in [0.15, 0.2) is 17.5 Å². The molecule has 1 aromatic rings. The number of anilines is 1. The fourth-order valence-electron chi connectivity index (χ4n) is 1.40. The lowest BCUT2D eigenvalue weighted by Gasteiger charge is -2.23. The predicted octanol–water partition coefficient (Wildman–Crippen LogP) is 0.599. The van der Waals surface area contributed by atoms with Crippen molar-refractivity contribution < 1.29 is 23.1 Å². The average molecular weight is 291 g/mol. The molecule has 0 aliphatic heterocycles. The van der Waals surface area contributed by atoms with Gasteiger partial charge in [0.1, 0.15) is 15.9 Å². The Morgan fingerprint density at radius 1 is 1.61 bits per heavy atom. The molecule has 1 rings (SSSR count). The number of carboxylic acid groups (broad SMARTS) is 1. The van der Waals surface area contributed by atoms with Crippen LogP contribution in [0.3, 0.4) is 0 Å². The zero-order valence-electron chi connectivity index (χ0n) is 9.64. The standard InChI is InChI=1S/C10H13NO5S2/c1-18(15,16)6-4-8(10(13)14)11(7-12)9-3-2-5-17-9/h2-3,5,7-8H,4,6H2,1H3,(H,13,14). The highest BCUT2D eigenvalue weighted by Gasteiger charge is 2.27. The maximum Gasteiger partial charge on any atom is 0.326 e. The van der Waals surface area contributed by atoms with Crippen molar-refractivity contribution in [3.05, 3.63) is 17.5 Å². The van der Waals surface area contributed by atoms with Gasteiger partial charge < -0.3 is 5.11 Å². The molecule has 1 aromatic heterocycles. The number of carboxylic acids is 1. The van der Waals surface area contributed by atoms with Crippen LogP contribution in [0.2, 0.25) is 0 Å². The van der Waals surface area contributed by atoms with E-state index >= 15 is 0 Å². The van der Waals surface area contributed by atoms with Crippen molar-refractivity contribution in [1.82, 2.24) is 0 Å². The van der Waals surface area contributed by atoms with E-state index in [1.54, 1.807) is 17.5 Å². The molecule has 100 valence electrons. The molecule has 0 aliphatic carbocycles. The molecule has 18 heavy (non-hydrogen) atoms. The van der Waals surface area contributed by atoms with Gasteiger partial charge in [-0.05, 0) is 23.9 Å². The molecule has 0 spiro atoms. The largest absolute Gasteiger partial charge is 0.480 e. The van der Waals surface area contributed by atoms with Crippen molar-refractivity contribution in [3.8, 4) is 0 Å². The molecule has 1 unspecified atom stereocenters. The van der Waals surface area contributed by atoms with Crippen molar-refractivity contribution in [2.24, 2.45) is 0 Å². The van der Waals surface area contributed by atoms with Crippen LogP contribution in [0.1, 0.15) is 6.42 Å². The van der Waals surface area contributed by atoms with E-state index in [1.165, 1.54) is 11.3 Å². The molecule has 0 radical (unpaired) electrons. The first kappa shape index (κ1) is 14.7. The third kappa shape index (κ3) is 4.11. The maximum absolute atomic E-state index is 11.1. The van der Waals surface area contributed by atoms with Crippen LogP contribution in [0.4, 0.5) is 5.00 Å². The van der Waals surface area contributed by atoms with Crippen molar-refractivity contribution in [2.45, 2.75) is 12.5 Å². The Balaban J connectivity index is 2.89. The molecular formula is C10H13NO5S2. The van der Waals surface area contributed by atoms with Crippen molar-refractivity contribution >= 4 is 38.6 Å². The lowest BCUT2D eigenvalue weighted by atomic mass is 10.2. The number of rotatable bonds is 7. The summed E-state index contributed by atoms with van der Waals surface area (Å²) in [5.41, 5.74) is 0. The fourth-order valence-corrected chi connectivity index (χ4v) is 2.80. The average Bonchev–Trinajstić information content (AvgIpc) is 2.75. The Kier molecular flexibility index (Phi) is 4.85. The molecule has 0 saturated heterocycles. The number of carbonyl (C=O) groups is 2. The van der Waals surface area contributed by atoms with E-state index < -0.39 is 21.8 Å². The van der Waals surface area contributed by atoms with E-state index in [-0.39, 0.29) is 12.2 Å². The lowest BCUT2D eigenvalue weighted by Crippen LogP contribution is -2.41. The molecular weight excluding hydrogens is 278 g/mol. The molecule has 1 heterocycles. The molecule has 1 atom stereocenters. The highest BCUT2D eigenvalue weighted by Crippen LogP contribution is 2.23. The molecule has 6 nitrogen and oxygen atoms in total. The Morgan fingerprint density at radius 2 is 2.28 bits per heavy atom. The second kappa shape index (κ2) is 5.96. The van der Waals surface area contributed by atoms with Gasteiger partial charge in [0.05, 0.1) is 10.8 Å². The van der Waals surface area contributed by atoms with Gasteiger partial charge in [-0.3, -0.25) is 9.69 Å². The predicted molar refractivity (Wildman–Crippen MR) is 68.6 cm³/mol. The van der Waals surface area contributed by atoms with Gasteiger partial charge in [0, 0.05) is 6.26 Å². The smallest absolute Gasteiger partial charge is 0.326 e. The summed E-state index contributed by atoms with van der Waals surface area (Å²) in [6, 6.07) is 2.12. The quantitative estimate of drug-likeness (QED) is 0.743. The Morgan fingerprint density at radius 3 is 2.67 bits per heavy atom. The van der Waals surface area contributed by atoms with Gasteiger partial charge in [0.2, 0.25) is 6.41 Å². The van der Waals surface area contributed by atoms with Crippen molar-refractivity contribution in [2.75, 3.05) is 16.9 Å². The number of amides is 1. The Hall–Kier alpha value is -1.41. The third-order valence-electron chi connectivity index (χ3n) is 2.26. The van der Waals surface area contributed by atoms with E-state index in [9.17, 15) is 18.0 Å². The zero-order valence-corrected chi connectivity index (χ0v) is 11.3. The second-order valence-corrected chi connectivity index (χ2v) is 6.92. The fraction of sp³-hybridized carbons (Fsp3) is 0.400. The monoisotopic (exact) mass is 291 g/mol. The van der Waals surface area contributed by atoms with Crippen LogP contribution in [0.25, 0.3) is 0 Å².